The Hall–Kier alpha value is -2.94. The summed E-state index contributed by atoms with van der Waals surface area (Å²) in [6.45, 7) is 3.03. The predicted octanol–water partition coefficient (Wildman–Crippen LogP) is 2.13. The van der Waals surface area contributed by atoms with Crippen LogP contribution in [0.3, 0.4) is 0 Å². The molecule has 0 bridgehead atoms. The quantitative estimate of drug-likeness (QED) is 0.734. The lowest BCUT2D eigenvalue weighted by molar-refractivity contribution is -0.142. The number of amides is 3. The van der Waals surface area contributed by atoms with Crippen molar-refractivity contribution < 1.29 is 19.1 Å². The van der Waals surface area contributed by atoms with Gasteiger partial charge in [0.2, 0.25) is 5.91 Å². The molecule has 0 unspecified atom stereocenters. The van der Waals surface area contributed by atoms with Gasteiger partial charge in [-0.25, -0.2) is 9.78 Å². The van der Waals surface area contributed by atoms with Gasteiger partial charge in [0.25, 0.3) is 0 Å². The Labute approximate surface area is 160 Å². The van der Waals surface area contributed by atoms with Gasteiger partial charge in [0.15, 0.2) is 5.13 Å². The first kappa shape index (κ1) is 18.8. The Morgan fingerprint density at radius 1 is 1.26 bits per heavy atom. The monoisotopic (exact) mass is 388 g/mol. The summed E-state index contributed by atoms with van der Waals surface area (Å²) < 4.78 is 4.87. The second-order valence-electron chi connectivity index (χ2n) is 5.87. The van der Waals surface area contributed by atoms with Crippen molar-refractivity contribution >= 4 is 40.1 Å². The molecule has 2 aromatic rings. The standard InChI is InChI=1S/C18H20N4O4S/c1-2-26-16(24)10-13-12-27-17(19-13)20-15(23)11-21-8-9-22(18(21)25)14-6-4-3-5-7-14/h3-7,12H,2,8-11H2,1H3,(H,19,20,23). The molecule has 1 saturated heterocycles. The molecule has 27 heavy (non-hydrogen) atoms. The van der Waals surface area contributed by atoms with E-state index in [1.54, 1.807) is 17.2 Å². The number of hydrogen-bond donors (Lipinski definition) is 1. The Kier molecular flexibility index (Phi) is 6.02. The Morgan fingerprint density at radius 3 is 2.78 bits per heavy atom. The van der Waals surface area contributed by atoms with Crippen LogP contribution in [-0.2, 0) is 20.7 Å². The van der Waals surface area contributed by atoms with E-state index in [4.69, 9.17) is 4.74 Å². The average Bonchev–Trinajstić information content (AvgIpc) is 3.23. The highest BCUT2D eigenvalue weighted by Gasteiger charge is 2.30. The van der Waals surface area contributed by atoms with Crippen molar-refractivity contribution in [3.8, 4) is 0 Å². The zero-order valence-corrected chi connectivity index (χ0v) is 15.7. The third kappa shape index (κ3) is 4.82. The Balaban J connectivity index is 1.52. The lowest BCUT2D eigenvalue weighted by Crippen LogP contribution is -2.37. The molecule has 1 aliphatic rings. The minimum absolute atomic E-state index is 0.0467. The van der Waals surface area contributed by atoms with E-state index in [2.05, 4.69) is 10.3 Å². The molecular formula is C18H20N4O4S. The number of nitrogens with zero attached hydrogens (tertiary/aromatic N) is 3. The number of rotatable bonds is 7. The second-order valence-corrected chi connectivity index (χ2v) is 6.72. The van der Waals surface area contributed by atoms with E-state index in [9.17, 15) is 14.4 Å². The molecule has 1 aromatic carbocycles. The van der Waals surface area contributed by atoms with Crippen LogP contribution in [0.5, 0.6) is 0 Å². The molecule has 9 heteroatoms. The fraction of sp³-hybridized carbons (Fsp3) is 0.333. The van der Waals surface area contributed by atoms with Gasteiger partial charge in [0, 0.05) is 24.2 Å². The van der Waals surface area contributed by atoms with E-state index >= 15 is 0 Å². The number of esters is 1. The van der Waals surface area contributed by atoms with Gasteiger partial charge in [-0.05, 0) is 19.1 Å². The van der Waals surface area contributed by atoms with Crippen LogP contribution in [0.25, 0.3) is 0 Å². The molecule has 2 heterocycles. The minimum Gasteiger partial charge on any atom is -0.466 e. The third-order valence-electron chi connectivity index (χ3n) is 3.93. The number of anilines is 2. The molecule has 3 amide bonds. The molecule has 1 aliphatic heterocycles. The predicted molar refractivity (Wildman–Crippen MR) is 102 cm³/mol. The van der Waals surface area contributed by atoms with Crippen molar-refractivity contribution in [1.29, 1.82) is 0 Å². The summed E-state index contributed by atoms with van der Waals surface area (Å²) in [4.78, 5) is 43.5. The second kappa shape index (κ2) is 8.63. The van der Waals surface area contributed by atoms with Crippen LogP contribution in [0.1, 0.15) is 12.6 Å². The molecule has 1 fully saturated rings. The summed E-state index contributed by atoms with van der Waals surface area (Å²) in [7, 11) is 0. The van der Waals surface area contributed by atoms with Gasteiger partial charge in [-0.3, -0.25) is 14.5 Å². The van der Waals surface area contributed by atoms with Crippen LogP contribution in [0, 0.1) is 0 Å². The van der Waals surface area contributed by atoms with E-state index in [-0.39, 0.29) is 30.9 Å². The molecule has 0 spiro atoms. The van der Waals surface area contributed by atoms with Crippen molar-refractivity contribution in [2.45, 2.75) is 13.3 Å². The molecule has 0 radical (unpaired) electrons. The normalized spacial score (nSPS) is 13.7. The van der Waals surface area contributed by atoms with Crippen LogP contribution in [0.2, 0.25) is 0 Å². The molecule has 0 atom stereocenters. The number of ether oxygens (including phenoxy) is 1. The average molecular weight is 388 g/mol. The Morgan fingerprint density at radius 2 is 2.04 bits per heavy atom. The van der Waals surface area contributed by atoms with Gasteiger partial charge < -0.3 is 15.0 Å². The summed E-state index contributed by atoms with van der Waals surface area (Å²) in [5.74, 6) is -0.681. The summed E-state index contributed by atoms with van der Waals surface area (Å²) in [6.07, 6.45) is 0.0663. The topological polar surface area (TPSA) is 91.8 Å². The van der Waals surface area contributed by atoms with Crippen molar-refractivity contribution in [2.24, 2.45) is 0 Å². The molecule has 0 saturated carbocycles. The molecular weight excluding hydrogens is 368 g/mol. The van der Waals surface area contributed by atoms with Crippen LogP contribution < -0.4 is 10.2 Å². The minimum atomic E-state index is -0.357. The van der Waals surface area contributed by atoms with E-state index < -0.39 is 0 Å². The van der Waals surface area contributed by atoms with Crippen LogP contribution in [0.15, 0.2) is 35.7 Å². The first-order valence-electron chi connectivity index (χ1n) is 8.58. The molecule has 3 rings (SSSR count). The summed E-state index contributed by atoms with van der Waals surface area (Å²) in [6, 6.07) is 9.16. The van der Waals surface area contributed by atoms with Gasteiger partial charge in [0.1, 0.15) is 6.54 Å². The first-order valence-corrected chi connectivity index (χ1v) is 9.46. The number of hydrogen-bond acceptors (Lipinski definition) is 6. The highest BCUT2D eigenvalue weighted by atomic mass is 32.1. The first-order chi connectivity index (χ1) is 13.1. The van der Waals surface area contributed by atoms with Crippen molar-refractivity contribution in [3.05, 3.63) is 41.4 Å². The number of urea groups is 1. The molecule has 1 aromatic heterocycles. The van der Waals surface area contributed by atoms with E-state index in [1.165, 1.54) is 16.2 Å². The van der Waals surface area contributed by atoms with Crippen molar-refractivity contribution in [3.63, 3.8) is 0 Å². The molecule has 142 valence electrons. The lowest BCUT2D eigenvalue weighted by atomic mass is 10.3. The zero-order valence-electron chi connectivity index (χ0n) is 14.9. The smallest absolute Gasteiger partial charge is 0.325 e. The van der Waals surface area contributed by atoms with E-state index in [1.807, 2.05) is 30.3 Å². The van der Waals surface area contributed by atoms with E-state index in [0.717, 1.165) is 5.69 Å². The van der Waals surface area contributed by atoms with Gasteiger partial charge in [0.05, 0.1) is 18.7 Å². The number of benzene rings is 1. The maximum Gasteiger partial charge on any atom is 0.325 e. The highest BCUT2D eigenvalue weighted by molar-refractivity contribution is 7.13. The van der Waals surface area contributed by atoms with Crippen molar-refractivity contribution in [2.75, 3.05) is 36.5 Å². The van der Waals surface area contributed by atoms with Gasteiger partial charge in [-0.2, -0.15) is 0 Å². The lowest BCUT2D eigenvalue weighted by Gasteiger charge is -2.18. The maximum atomic E-state index is 12.5. The fourth-order valence-electron chi connectivity index (χ4n) is 2.71. The highest BCUT2D eigenvalue weighted by Crippen LogP contribution is 2.20. The van der Waals surface area contributed by atoms with Crippen LogP contribution in [-0.4, -0.2) is 54.0 Å². The molecule has 1 N–H and O–H groups in total. The number of nitrogens with one attached hydrogen (secondary N) is 1. The van der Waals surface area contributed by atoms with Gasteiger partial charge in [-0.1, -0.05) is 18.2 Å². The van der Waals surface area contributed by atoms with Gasteiger partial charge >= 0.3 is 12.0 Å². The Bertz CT molecular complexity index is 824. The number of carbonyl (C=O) groups is 3. The zero-order chi connectivity index (χ0) is 19.2. The molecule has 8 nitrogen and oxygen atoms in total. The fourth-order valence-corrected chi connectivity index (χ4v) is 3.44. The van der Waals surface area contributed by atoms with Crippen molar-refractivity contribution in [1.82, 2.24) is 9.88 Å². The largest absolute Gasteiger partial charge is 0.466 e. The third-order valence-corrected chi connectivity index (χ3v) is 4.73. The number of aromatic nitrogens is 1. The molecule has 0 aliphatic carbocycles. The van der Waals surface area contributed by atoms with Crippen LogP contribution in [0.4, 0.5) is 15.6 Å². The van der Waals surface area contributed by atoms with E-state index in [0.29, 0.717) is 30.5 Å². The summed E-state index contributed by atoms with van der Waals surface area (Å²) in [5.41, 5.74) is 1.36. The summed E-state index contributed by atoms with van der Waals surface area (Å²) >= 11 is 1.23. The number of carbonyl (C=O) groups excluding carboxylic acids is 3. The van der Waals surface area contributed by atoms with Gasteiger partial charge in [-0.15, -0.1) is 11.3 Å². The number of thiazole rings is 1. The summed E-state index contributed by atoms with van der Waals surface area (Å²) in [5, 5.41) is 4.77. The van der Waals surface area contributed by atoms with Crippen LogP contribution >= 0.6 is 11.3 Å². The number of para-hydroxylation sites is 1. The maximum absolute atomic E-state index is 12.5. The SMILES string of the molecule is CCOC(=O)Cc1csc(NC(=O)CN2CCN(c3ccccc3)C2=O)n1.